The van der Waals surface area contributed by atoms with Crippen LogP contribution in [0.3, 0.4) is 0 Å². The van der Waals surface area contributed by atoms with E-state index in [1.807, 2.05) is 0 Å². The highest BCUT2D eigenvalue weighted by atomic mass is 28.4. The van der Waals surface area contributed by atoms with Gasteiger partial charge in [0, 0.05) is 11.8 Å². The standard InChI is InChI=1S/C20H34N2OSi/c1-15(2)16-12-17(14-22)20(6,10-9-11-21)18(13-16)23-24(7,8)19(3,4)5/h16-18H,1,9-10,12-13H2,2-8H3/t16-,17+,18+,20+/m0/s1. The van der Waals surface area contributed by atoms with E-state index in [9.17, 15) is 5.26 Å². The first-order valence-electron chi connectivity index (χ1n) is 8.99. The van der Waals surface area contributed by atoms with Gasteiger partial charge < -0.3 is 4.43 Å². The summed E-state index contributed by atoms with van der Waals surface area (Å²) in [6, 6.07) is 4.79. The van der Waals surface area contributed by atoms with Crippen LogP contribution in [0.5, 0.6) is 0 Å². The topological polar surface area (TPSA) is 56.8 Å². The zero-order valence-corrected chi connectivity index (χ0v) is 17.6. The fraction of sp³-hybridized carbons (Fsp3) is 0.800. The first-order valence-corrected chi connectivity index (χ1v) is 11.9. The van der Waals surface area contributed by atoms with Gasteiger partial charge >= 0.3 is 0 Å². The molecular formula is C20H34N2OSi. The van der Waals surface area contributed by atoms with Crippen molar-refractivity contribution in [3.05, 3.63) is 12.2 Å². The van der Waals surface area contributed by atoms with Gasteiger partial charge in [-0.3, -0.25) is 0 Å². The zero-order valence-electron chi connectivity index (χ0n) is 16.6. The Morgan fingerprint density at radius 3 is 2.29 bits per heavy atom. The largest absolute Gasteiger partial charge is 0.413 e. The van der Waals surface area contributed by atoms with E-state index in [1.54, 1.807) is 0 Å². The molecule has 0 aromatic carbocycles. The van der Waals surface area contributed by atoms with Crippen LogP contribution in [-0.4, -0.2) is 14.4 Å². The van der Waals surface area contributed by atoms with Crippen LogP contribution in [0, 0.1) is 39.9 Å². The van der Waals surface area contributed by atoms with E-state index < -0.39 is 8.32 Å². The molecule has 134 valence electrons. The van der Waals surface area contributed by atoms with Crippen molar-refractivity contribution in [2.45, 2.75) is 84.5 Å². The Hall–Kier alpha value is -1.10. The molecule has 0 bridgehead atoms. The molecule has 0 amide bonds. The van der Waals surface area contributed by atoms with Crippen molar-refractivity contribution in [3.8, 4) is 12.1 Å². The quantitative estimate of drug-likeness (QED) is 0.466. The molecule has 0 aromatic heterocycles. The lowest BCUT2D eigenvalue weighted by molar-refractivity contribution is -0.0346. The number of nitriles is 2. The van der Waals surface area contributed by atoms with Crippen LogP contribution in [0.4, 0.5) is 0 Å². The minimum Gasteiger partial charge on any atom is -0.413 e. The van der Waals surface area contributed by atoms with Gasteiger partial charge in [-0.25, -0.2) is 0 Å². The van der Waals surface area contributed by atoms with Gasteiger partial charge in [0.2, 0.25) is 0 Å². The van der Waals surface area contributed by atoms with Crippen molar-refractivity contribution >= 4 is 8.32 Å². The lowest BCUT2D eigenvalue weighted by Crippen LogP contribution is -2.53. The van der Waals surface area contributed by atoms with Gasteiger partial charge in [-0.15, -0.1) is 0 Å². The van der Waals surface area contributed by atoms with Gasteiger partial charge in [0.25, 0.3) is 0 Å². The first kappa shape index (κ1) is 20.9. The summed E-state index contributed by atoms with van der Waals surface area (Å²) in [5, 5.41) is 19.0. The minimum atomic E-state index is -1.95. The molecule has 4 heteroatoms. The van der Waals surface area contributed by atoms with Crippen LogP contribution in [0.15, 0.2) is 12.2 Å². The van der Waals surface area contributed by atoms with Crippen LogP contribution in [0.1, 0.15) is 60.3 Å². The van der Waals surface area contributed by atoms with Gasteiger partial charge in [0.05, 0.1) is 24.2 Å². The second-order valence-corrected chi connectivity index (χ2v) is 14.0. The molecule has 1 aliphatic rings. The fourth-order valence-electron chi connectivity index (χ4n) is 3.38. The van der Waals surface area contributed by atoms with E-state index in [0.717, 1.165) is 24.8 Å². The van der Waals surface area contributed by atoms with E-state index in [1.165, 1.54) is 0 Å². The number of nitrogens with zero attached hydrogens (tertiary/aromatic N) is 2. The molecule has 1 fully saturated rings. The summed E-state index contributed by atoms with van der Waals surface area (Å²) >= 11 is 0. The van der Waals surface area contributed by atoms with Crippen molar-refractivity contribution in [1.82, 2.24) is 0 Å². The first-order chi connectivity index (χ1) is 10.9. The van der Waals surface area contributed by atoms with Gasteiger partial charge in [0.1, 0.15) is 0 Å². The Kier molecular flexibility index (Phi) is 6.47. The Morgan fingerprint density at radius 2 is 1.88 bits per heavy atom. The molecular weight excluding hydrogens is 312 g/mol. The van der Waals surface area contributed by atoms with E-state index in [2.05, 4.69) is 66.4 Å². The third-order valence-corrected chi connectivity index (χ3v) is 10.9. The number of hydrogen-bond donors (Lipinski definition) is 0. The summed E-state index contributed by atoms with van der Waals surface area (Å²) in [6.07, 6.45) is 2.98. The van der Waals surface area contributed by atoms with Crippen molar-refractivity contribution < 1.29 is 4.43 Å². The predicted octanol–water partition coefficient (Wildman–Crippen LogP) is 5.81. The summed E-state index contributed by atoms with van der Waals surface area (Å²) in [4.78, 5) is 0. The molecule has 1 aliphatic carbocycles. The predicted molar refractivity (Wildman–Crippen MR) is 102 cm³/mol. The molecule has 0 aliphatic heterocycles. The maximum absolute atomic E-state index is 9.79. The molecule has 1 saturated carbocycles. The van der Waals surface area contributed by atoms with Crippen molar-refractivity contribution in [2.24, 2.45) is 17.3 Å². The summed E-state index contributed by atoms with van der Waals surface area (Å²) in [6.45, 7) is 19.6. The van der Waals surface area contributed by atoms with E-state index >= 15 is 0 Å². The average Bonchev–Trinajstić information content (AvgIpc) is 2.45. The maximum Gasteiger partial charge on any atom is 0.192 e. The Bertz CT molecular complexity index is 549. The Morgan fingerprint density at radius 1 is 1.29 bits per heavy atom. The highest BCUT2D eigenvalue weighted by Crippen LogP contribution is 2.51. The molecule has 0 saturated heterocycles. The summed E-state index contributed by atoms with van der Waals surface area (Å²) in [5.74, 6) is 0.246. The number of allylic oxidation sites excluding steroid dienone is 1. The zero-order chi connectivity index (χ0) is 18.8. The molecule has 4 atom stereocenters. The summed E-state index contributed by atoms with van der Waals surface area (Å²) in [5.41, 5.74) is 0.882. The highest BCUT2D eigenvalue weighted by Gasteiger charge is 2.51. The molecule has 0 N–H and O–H groups in total. The van der Waals surface area contributed by atoms with E-state index in [-0.39, 0.29) is 22.5 Å². The monoisotopic (exact) mass is 346 g/mol. The summed E-state index contributed by atoms with van der Waals surface area (Å²) in [7, 11) is -1.95. The van der Waals surface area contributed by atoms with Gasteiger partial charge in [-0.1, -0.05) is 39.8 Å². The molecule has 0 aromatic rings. The molecule has 1 rings (SSSR count). The molecule has 0 spiro atoms. The van der Waals surface area contributed by atoms with Crippen molar-refractivity contribution in [3.63, 3.8) is 0 Å². The molecule has 0 radical (unpaired) electrons. The molecule has 3 nitrogen and oxygen atoms in total. The molecule has 0 unspecified atom stereocenters. The van der Waals surface area contributed by atoms with E-state index in [0.29, 0.717) is 12.3 Å². The van der Waals surface area contributed by atoms with Gasteiger partial charge in [-0.2, -0.15) is 10.5 Å². The normalized spacial score (nSPS) is 31.1. The second-order valence-electron chi connectivity index (χ2n) is 9.23. The van der Waals surface area contributed by atoms with Crippen molar-refractivity contribution in [2.75, 3.05) is 0 Å². The average molecular weight is 347 g/mol. The van der Waals surface area contributed by atoms with Gasteiger partial charge in [0.15, 0.2) is 8.32 Å². The van der Waals surface area contributed by atoms with Crippen LogP contribution < -0.4 is 0 Å². The lowest BCUT2D eigenvalue weighted by Gasteiger charge is -2.51. The lowest BCUT2D eigenvalue weighted by atomic mass is 9.60. The third kappa shape index (κ3) is 4.29. The third-order valence-electron chi connectivity index (χ3n) is 6.42. The summed E-state index contributed by atoms with van der Waals surface area (Å²) < 4.78 is 6.81. The minimum absolute atomic E-state index is 0.0202. The maximum atomic E-state index is 9.79. The van der Waals surface area contributed by atoms with Crippen LogP contribution in [0.2, 0.25) is 18.1 Å². The molecule has 0 heterocycles. The number of rotatable bonds is 5. The van der Waals surface area contributed by atoms with Crippen molar-refractivity contribution in [1.29, 1.82) is 10.5 Å². The van der Waals surface area contributed by atoms with Crippen LogP contribution >= 0.6 is 0 Å². The fourth-order valence-corrected chi connectivity index (χ4v) is 4.81. The SMILES string of the molecule is C=C(C)[C@H]1C[C@H](C#N)[C@@](C)(CCC#N)[C@H](O[Si](C)(C)C(C)(C)C)C1. The van der Waals surface area contributed by atoms with Gasteiger partial charge in [-0.05, 0) is 50.2 Å². The Balaban J connectivity index is 3.23. The smallest absolute Gasteiger partial charge is 0.192 e. The molecule has 24 heavy (non-hydrogen) atoms. The Labute approximate surface area is 149 Å². The van der Waals surface area contributed by atoms with Crippen LogP contribution in [-0.2, 0) is 4.43 Å². The van der Waals surface area contributed by atoms with Crippen LogP contribution in [0.25, 0.3) is 0 Å². The highest BCUT2D eigenvalue weighted by molar-refractivity contribution is 6.74. The number of hydrogen-bond acceptors (Lipinski definition) is 3. The van der Waals surface area contributed by atoms with E-state index in [4.69, 9.17) is 9.69 Å². The second kappa shape index (κ2) is 7.42.